The molecule has 2 heteroatoms. The molecule has 0 radical (unpaired) electrons. The molecule has 1 unspecified atom stereocenters. The monoisotopic (exact) mass is 197 g/mol. The average molecular weight is 197 g/mol. The Kier molecular flexibility index (Phi) is 3.13. The van der Waals surface area contributed by atoms with Gasteiger partial charge < -0.3 is 10.4 Å². The normalized spacial score (nSPS) is 28.7. The van der Waals surface area contributed by atoms with E-state index >= 15 is 0 Å². The Morgan fingerprint density at radius 2 is 1.79 bits per heavy atom. The highest BCUT2D eigenvalue weighted by atomic mass is 16.3. The summed E-state index contributed by atoms with van der Waals surface area (Å²) in [5.74, 6) is 0.696. The highest BCUT2D eigenvalue weighted by Crippen LogP contribution is 2.34. The van der Waals surface area contributed by atoms with Gasteiger partial charge in [0.1, 0.15) is 0 Å². The first-order valence-corrected chi connectivity index (χ1v) is 6.13. The molecule has 0 bridgehead atoms. The van der Waals surface area contributed by atoms with E-state index in [4.69, 9.17) is 0 Å². The lowest BCUT2D eigenvalue weighted by atomic mass is 9.76. The minimum atomic E-state index is 0.00157. The van der Waals surface area contributed by atoms with E-state index in [1.54, 1.807) is 0 Å². The van der Waals surface area contributed by atoms with Gasteiger partial charge in [-0.05, 0) is 38.5 Å². The van der Waals surface area contributed by atoms with Gasteiger partial charge in [-0.3, -0.25) is 0 Å². The largest absolute Gasteiger partial charge is 0.394 e. The van der Waals surface area contributed by atoms with E-state index in [-0.39, 0.29) is 5.54 Å². The molecule has 82 valence electrons. The van der Waals surface area contributed by atoms with Crippen LogP contribution in [0.2, 0.25) is 0 Å². The van der Waals surface area contributed by atoms with Crippen LogP contribution in [0, 0.1) is 5.92 Å². The van der Waals surface area contributed by atoms with Gasteiger partial charge in [-0.1, -0.05) is 19.3 Å². The number of nitrogens with one attached hydrogen (secondary N) is 1. The standard InChI is InChI=1S/C12H23NO/c1-12(9-14,13-11-7-8-11)10-5-3-2-4-6-10/h10-11,13-14H,2-9H2,1H3. The van der Waals surface area contributed by atoms with E-state index in [0.29, 0.717) is 18.6 Å². The molecule has 0 aromatic rings. The van der Waals surface area contributed by atoms with Crippen LogP contribution in [0.15, 0.2) is 0 Å². The molecule has 0 aliphatic heterocycles. The Hall–Kier alpha value is -0.0800. The Balaban J connectivity index is 1.93. The maximum Gasteiger partial charge on any atom is 0.0613 e. The summed E-state index contributed by atoms with van der Waals surface area (Å²) in [6.07, 6.45) is 9.32. The van der Waals surface area contributed by atoms with Gasteiger partial charge in [-0.15, -0.1) is 0 Å². The average Bonchev–Trinajstić information content (AvgIpc) is 3.03. The molecule has 2 aliphatic carbocycles. The predicted molar refractivity (Wildman–Crippen MR) is 58.2 cm³/mol. The quantitative estimate of drug-likeness (QED) is 0.723. The van der Waals surface area contributed by atoms with Gasteiger partial charge in [0.05, 0.1) is 6.61 Å². The molecule has 2 rings (SSSR count). The molecule has 2 fully saturated rings. The molecule has 2 aliphatic rings. The molecule has 14 heavy (non-hydrogen) atoms. The minimum absolute atomic E-state index is 0.00157. The number of aliphatic hydroxyl groups excluding tert-OH is 1. The number of rotatable bonds is 4. The minimum Gasteiger partial charge on any atom is -0.394 e. The summed E-state index contributed by atoms with van der Waals surface area (Å²) in [5, 5.41) is 13.2. The zero-order chi connectivity index (χ0) is 10.0. The van der Waals surface area contributed by atoms with Crippen LogP contribution in [-0.2, 0) is 0 Å². The first-order chi connectivity index (χ1) is 6.74. The number of hydrogen-bond acceptors (Lipinski definition) is 2. The molecule has 0 aromatic carbocycles. The summed E-state index contributed by atoms with van der Waals surface area (Å²) in [6.45, 7) is 2.51. The van der Waals surface area contributed by atoms with Crippen LogP contribution in [0.25, 0.3) is 0 Å². The molecule has 1 atom stereocenters. The van der Waals surface area contributed by atoms with Crippen LogP contribution < -0.4 is 5.32 Å². The van der Waals surface area contributed by atoms with Gasteiger partial charge in [0.2, 0.25) is 0 Å². The molecule has 2 N–H and O–H groups in total. The summed E-state index contributed by atoms with van der Waals surface area (Å²) < 4.78 is 0. The van der Waals surface area contributed by atoms with Gasteiger partial charge in [0, 0.05) is 11.6 Å². The second-order valence-corrected chi connectivity index (χ2v) is 5.33. The zero-order valence-electron chi connectivity index (χ0n) is 9.26. The SMILES string of the molecule is CC(CO)(NC1CC1)C1CCCCC1. The fraction of sp³-hybridized carbons (Fsp3) is 1.00. The first kappa shape index (κ1) is 10.4. The van der Waals surface area contributed by atoms with Crippen LogP contribution in [0.1, 0.15) is 51.9 Å². The lowest BCUT2D eigenvalue weighted by Crippen LogP contribution is -2.53. The van der Waals surface area contributed by atoms with Gasteiger partial charge in [0.25, 0.3) is 0 Å². The molecular weight excluding hydrogens is 174 g/mol. The molecule has 0 aromatic heterocycles. The Morgan fingerprint density at radius 1 is 1.14 bits per heavy atom. The third kappa shape index (κ3) is 2.29. The molecule has 2 saturated carbocycles. The second kappa shape index (κ2) is 4.19. The Bertz CT molecular complexity index is 185. The summed E-state index contributed by atoms with van der Waals surface area (Å²) in [7, 11) is 0. The molecule has 0 saturated heterocycles. The highest BCUT2D eigenvalue weighted by Gasteiger charge is 2.38. The summed E-state index contributed by atoms with van der Waals surface area (Å²) in [6, 6.07) is 0.703. The Labute approximate surface area is 87.1 Å². The van der Waals surface area contributed by atoms with Gasteiger partial charge >= 0.3 is 0 Å². The van der Waals surface area contributed by atoms with E-state index in [0.717, 1.165) is 0 Å². The van der Waals surface area contributed by atoms with E-state index < -0.39 is 0 Å². The smallest absolute Gasteiger partial charge is 0.0613 e. The van der Waals surface area contributed by atoms with Crippen molar-refractivity contribution >= 4 is 0 Å². The number of aliphatic hydroxyl groups is 1. The molecule has 0 amide bonds. The van der Waals surface area contributed by atoms with E-state index in [1.807, 2.05) is 0 Å². The van der Waals surface area contributed by atoms with Crippen LogP contribution in [0.5, 0.6) is 0 Å². The van der Waals surface area contributed by atoms with Gasteiger partial charge in [-0.25, -0.2) is 0 Å². The summed E-state index contributed by atoms with van der Waals surface area (Å²) in [4.78, 5) is 0. The van der Waals surface area contributed by atoms with Crippen LogP contribution >= 0.6 is 0 Å². The summed E-state index contributed by atoms with van der Waals surface area (Å²) in [5.41, 5.74) is 0.00157. The maximum absolute atomic E-state index is 9.55. The van der Waals surface area contributed by atoms with Crippen molar-refractivity contribution in [3.8, 4) is 0 Å². The fourth-order valence-corrected chi connectivity index (χ4v) is 2.73. The van der Waals surface area contributed by atoms with Gasteiger partial charge in [-0.2, -0.15) is 0 Å². The first-order valence-electron chi connectivity index (χ1n) is 6.13. The third-order valence-corrected chi connectivity index (χ3v) is 3.95. The number of hydrogen-bond donors (Lipinski definition) is 2. The Morgan fingerprint density at radius 3 is 2.29 bits per heavy atom. The van der Waals surface area contributed by atoms with Crippen LogP contribution in [0.4, 0.5) is 0 Å². The predicted octanol–water partition coefficient (Wildman–Crippen LogP) is 2.07. The van der Waals surface area contributed by atoms with Gasteiger partial charge in [0.15, 0.2) is 0 Å². The lowest BCUT2D eigenvalue weighted by molar-refractivity contribution is 0.0936. The van der Waals surface area contributed by atoms with Crippen LogP contribution in [0.3, 0.4) is 0 Å². The van der Waals surface area contributed by atoms with Crippen molar-refractivity contribution in [1.82, 2.24) is 5.32 Å². The van der Waals surface area contributed by atoms with Crippen molar-refractivity contribution in [3.63, 3.8) is 0 Å². The van der Waals surface area contributed by atoms with Crippen molar-refractivity contribution in [1.29, 1.82) is 0 Å². The molecule has 0 heterocycles. The maximum atomic E-state index is 9.55. The fourth-order valence-electron chi connectivity index (χ4n) is 2.73. The molecule has 0 spiro atoms. The van der Waals surface area contributed by atoms with Crippen molar-refractivity contribution in [2.24, 2.45) is 5.92 Å². The summed E-state index contributed by atoms with van der Waals surface area (Å²) >= 11 is 0. The van der Waals surface area contributed by atoms with Crippen molar-refractivity contribution in [2.45, 2.75) is 63.5 Å². The molecule has 2 nitrogen and oxygen atoms in total. The van der Waals surface area contributed by atoms with Crippen molar-refractivity contribution < 1.29 is 5.11 Å². The molecular formula is C12H23NO. The lowest BCUT2D eigenvalue weighted by Gasteiger charge is -2.39. The van der Waals surface area contributed by atoms with E-state index in [9.17, 15) is 5.11 Å². The van der Waals surface area contributed by atoms with Crippen molar-refractivity contribution in [2.75, 3.05) is 6.61 Å². The zero-order valence-corrected chi connectivity index (χ0v) is 9.26. The topological polar surface area (TPSA) is 32.3 Å². The second-order valence-electron chi connectivity index (χ2n) is 5.33. The third-order valence-electron chi connectivity index (χ3n) is 3.95. The highest BCUT2D eigenvalue weighted by molar-refractivity contribution is 4.97. The van der Waals surface area contributed by atoms with E-state index in [1.165, 1.54) is 44.9 Å². The van der Waals surface area contributed by atoms with E-state index in [2.05, 4.69) is 12.2 Å². The van der Waals surface area contributed by atoms with Crippen LogP contribution in [-0.4, -0.2) is 23.3 Å². The van der Waals surface area contributed by atoms with Crippen molar-refractivity contribution in [3.05, 3.63) is 0 Å².